The molecule has 1 heteroatoms. The zero-order valence-corrected chi connectivity index (χ0v) is 16.4. The van der Waals surface area contributed by atoms with E-state index in [0.29, 0.717) is 0 Å². The van der Waals surface area contributed by atoms with Gasteiger partial charge in [-0.25, -0.2) is 0 Å². The first-order valence-corrected chi connectivity index (χ1v) is 9.33. The smallest absolute Gasteiger partial charge is 0.136 e. The summed E-state index contributed by atoms with van der Waals surface area (Å²) in [4.78, 5) is 4.93. The molecule has 0 aliphatic heterocycles. The van der Waals surface area contributed by atoms with Gasteiger partial charge in [0.2, 0.25) is 0 Å². The fraction of sp³-hybridized carbons (Fsp3) is 0.192. The van der Waals surface area contributed by atoms with E-state index < -0.39 is 0 Å². The quantitative estimate of drug-likeness (QED) is 0.302. The van der Waals surface area contributed by atoms with Crippen molar-refractivity contribution >= 4 is 5.71 Å². The standard InChI is InChI=1S/C26H27N/c1-5-8-19-26(27-21(4)22(13-6-2)14-7-3)25-18-12-17-24(20-25)23-15-10-9-11-16-23/h6-7,9-18,20,26H,2,5H2,1,3-4H3/b14-7-,22-13+,27-21?. The van der Waals surface area contributed by atoms with Crippen molar-refractivity contribution in [3.05, 3.63) is 96.6 Å². The molecule has 1 nitrogen and oxygen atoms in total. The van der Waals surface area contributed by atoms with Gasteiger partial charge in [-0.1, -0.05) is 92.3 Å². The summed E-state index contributed by atoms with van der Waals surface area (Å²) in [5, 5.41) is 0. The van der Waals surface area contributed by atoms with E-state index in [1.54, 1.807) is 6.08 Å². The van der Waals surface area contributed by atoms with Crippen LogP contribution in [0.1, 0.15) is 38.8 Å². The van der Waals surface area contributed by atoms with E-state index in [1.807, 2.05) is 38.1 Å². The van der Waals surface area contributed by atoms with Crippen molar-refractivity contribution in [3.63, 3.8) is 0 Å². The molecule has 0 heterocycles. The van der Waals surface area contributed by atoms with Crippen LogP contribution in [0.25, 0.3) is 11.1 Å². The Morgan fingerprint density at radius 3 is 2.52 bits per heavy atom. The van der Waals surface area contributed by atoms with E-state index in [1.165, 1.54) is 11.1 Å². The van der Waals surface area contributed by atoms with E-state index in [9.17, 15) is 0 Å². The summed E-state index contributed by atoms with van der Waals surface area (Å²) in [7, 11) is 0. The Bertz CT molecular complexity index is 902. The molecule has 0 saturated carbocycles. The monoisotopic (exact) mass is 353 g/mol. The van der Waals surface area contributed by atoms with Crippen molar-refractivity contribution in [1.82, 2.24) is 0 Å². The van der Waals surface area contributed by atoms with Gasteiger partial charge in [0.1, 0.15) is 6.04 Å². The summed E-state index contributed by atoms with van der Waals surface area (Å²) in [6, 6.07) is 18.7. The van der Waals surface area contributed by atoms with Gasteiger partial charge in [0.15, 0.2) is 0 Å². The summed E-state index contributed by atoms with van der Waals surface area (Å²) < 4.78 is 0. The Balaban J connectivity index is 2.47. The van der Waals surface area contributed by atoms with Crippen LogP contribution in [-0.2, 0) is 0 Å². The fourth-order valence-corrected chi connectivity index (χ4v) is 2.78. The van der Waals surface area contributed by atoms with E-state index in [2.05, 4.69) is 73.9 Å². The minimum atomic E-state index is -0.188. The molecule has 136 valence electrons. The van der Waals surface area contributed by atoms with Gasteiger partial charge in [0, 0.05) is 12.1 Å². The second-order valence-corrected chi connectivity index (χ2v) is 6.14. The third kappa shape index (κ3) is 5.97. The Labute approximate surface area is 163 Å². The SMILES string of the molecule is C=C/C=C(\C=C/C)C(C)=NC(C#CCC)c1cccc(-c2ccccc2)c1. The van der Waals surface area contributed by atoms with Gasteiger partial charge in [0.05, 0.1) is 0 Å². The lowest BCUT2D eigenvalue weighted by atomic mass is 9.99. The van der Waals surface area contributed by atoms with Crippen LogP contribution in [0.15, 0.2) is 96.0 Å². The van der Waals surface area contributed by atoms with Crippen LogP contribution < -0.4 is 0 Å². The van der Waals surface area contributed by atoms with E-state index in [-0.39, 0.29) is 6.04 Å². The largest absolute Gasteiger partial charge is 0.268 e. The average Bonchev–Trinajstić information content (AvgIpc) is 2.71. The van der Waals surface area contributed by atoms with Crippen molar-refractivity contribution in [3.8, 4) is 23.0 Å². The molecule has 0 aromatic heterocycles. The molecular weight excluding hydrogens is 326 g/mol. The van der Waals surface area contributed by atoms with Gasteiger partial charge >= 0.3 is 0 Å². The molecule has 1 unspecified atom stereocenters. The topological polar surface area (TPSA) is 12.4 Å². The molecule has 0 radical (unpaired) electrons. The Kier molecular flexibility index (Phi) is 8.07. The lowest BCUT2D eigenvalue weighted by molar-refractivity contribution is 0.941. The Morgan fingerprint density at radius 1 is 1.11 bits per heavy atom. The molecule has 0 amide bonds. The van der Waals surface area contributed by atoms with Gasteiger partial charge < -0.3 is 0 Å². The van der Waals surface area contributed by atoms with Crippen molar-refractivity contribution in [2.75, 3.05) is 0 Å². The van der Waals surface area contributed by atoms with E-state index >= 15 is 0 Å². The lowest BCUT2D eigenvalue weighted by Gasteiger charge is -2.11. The molecule has 1 atom stereocenters. The summed E-state index contributed by atoms with van der Waals surface area (Å²) in [6.45, 7) is 9.89. The maximum Gasteiger partial charge on any atom is 0.136 e. The number of aliphatic imine (C=N–C) groups is 1. The van der Waals surface area contributed by atoms with Crippen LogP contribution >= 0.6 is 0 Å². The van der Waals surface area contributed by atoms with E-state index in [4.69, 9.17) is 4.99 Å². The van der Waals surface area contributed by atoms with Gasteiger partial charge in [-0.2, -0.15) is 0 Å². The van der Waals surface area contributed by atoms with Gasteiger partial charge in [-0.3, -0.25) is 4.99 Å². The number of hydrogen-bond acceptors (Lipinski definition) is 1. The van der Waals surface area contributed by atoms with E-state index in [0.717, 1.165) is 23.3 Å². The maximum atomic E-state index is 4.93. The molecule has 0 aliphatic carbocycles. The highest BCUT2D eigenvalue weighted by Crippen LogP contribution is 2.25. The number of hydrogen-bond donors (Lipinski definition) is 0. The second-order valence-electron chi connectivity index (χ2n) is 6.14. The lowest BCUT2D eigenvalue weighted by Crippen LogP contribution is -2.01. The molecule has 2 aromatic carbocycles. The number of allylic oxidation sites excluding steroid dienone is 5. The molecule has 0 N–H and O–H groups in total. The van der Waals surface area contributed by atoms with Crippen LogP contribution in [-0.4, -0.2) is 5.71 Å². The zero-order valence-electron chi connectivity index (χ0n) is 16.4. The number of rotatable bonds is 6. The molecule has 2 rings (SSSR count). The third-order valence-electron chi connectivity index (χ3n) is 4.11. The second kappa shape index (κ2) is 10.8. The highest BCUT2D eigenvalue weighted by molar-refractivity contribution is 6.01. The van der Waals surface area contributed by atoms with Gasteiger partial charge in [0.25, 0.3) is 0 Å². The molecule has 0 aliphatic rings. The van der Waals surface area contributed by atoms with Crippen LogP contribution in [0.5, 0.6) is 0 Å². The Morgan fingerprint density at radius 2 is 1.85 bits per heavy atom. The van der Waals surface area contributed by atoms with Crippen LogP contribution in [0, 0.1) is 11.8 Å². The van der Waals surface area contributed by atoms with Crippen molar-refractivity contribution in [1.29, 1.82) is 0 Å². The Hall–Kier alpha value is -3.11. The maximum absolute atomic E-state index is 4.93. The first-order chi connectivity index (χ1) is 13.2. The van der Waals surface area contributed by atoms with Crippen LogP contribution in [0.2, 0.25) is 0 Å². The normalized spacial score (nSPS) is 13.1. The number of nitrogens with zero attached hydrogens (tertiary/aromatic N) is 1. The molecule has 0 spiro atoms. The van der Waals surface area contributed by atoms with Crippen LogP contribution in [0.4, 0.5) is 0 Å². The molecule has 27 heavy (non-hydrogen) atoms. The highest BCUT2D eigenvalue weighted by Gasteiger charge is 2.10. The first-order valence-electron chi connectivity index (χ1n) is 9.33. The van der Waals surface area contributed by atoms with Crippen LogP contribution in [0.3, 0.4) is 0 Å². The summed E-state index contributed by atoms with van der Waals surface area (Å²) in [5.41, 5.74) is 5.49. The first kappa shape index (κ1) is 20.2. The predicted molar refractivity (Wildman–Crippen MR) is 119 cm³/mol. The third-order valence-corrected chi connectivity index (χ3v) is 4.11. The zero-order chi connectivity index (χ0) is 19.5. The predicted octanol–water partition coefficient (Wildman–Crippen LogP) is 6.96. The number of benzene rings is 2. The minimum absolute atomic E-state index is 0.188. The van der Waals surface area contributed by atoms with Gasteiger partial charge in [-0.05, 0) is 42.2 Å². The van der Waals surface area contributed by atoms with Crippen molar-refractivity contribution in [2.45, 2.75) is 33.2 Å². The molecular formula is C26H27N. The molecule has 0 saturated heterocycles. The van der Waals surface area contributed by atoms with Crippen molar-refractivity contribution in [2.24, 2.45) is 4.99 Å². The average molecular weight is 354 g/mol. The summed E-state index contributed by atoms with van der Waals surface area (Å²) >= 11 is 0. The molecule has 0 fully saturated rings. The summed E-state index contributed by atoms with van der Waals surface area (Å²) in [6.07, 6.45) is 8.64. The highest BCUT2D eigenvalue weighted by atomic mass is 14.8. The minimum Gasteiger partial charge on any atom is -0.268 e. The summed E-state index contributed by atoms with van der Waals surface area (Å²) in [5.74, 6) is 6.52. The van der Waals surface area contributed by atoms with Crippen molar-refractivity contribution < 1.29 is 0 Å². The molecule has 0 bridgehead atoms. The van der Waals surface area contributed by atoms with Gasteiger partial charge in [-0.15, -0.1) is 5.92 Å². The molecule has 2 aromatic rings. The fourth-order valence-electron chi connectivity index (χ4n) is 2.78.